The Morgan fingerprint density at radius 2 is 1.72 bits per heavy atom. The van der Waals surface area contributed by atoms with Gasteiger partial charge in [-0.3, -0.25) is 0 Å². The lowest BCUT2D eigenvalue weighted by Gasteiger charge is -2.44. The van der Waals surface area contributed by atoms with Crippen LogP contribution in [0.25, 0.3) is 11.0 Å². The fraction of sp³-hybridized carbons (Fsp3) is 0.750. The monoisotopic (exact) mass is 399 g/mol. The van der Waals surface area contributed by atoms with E-state index >= 15 is 0 Å². The molecular weight excluding hydrogens is 358 g/mol. The molecule has 0 aromatic carbocycles. The molecule has 2 saturated carbocycles. The second-order valence-electron chi connectivity index (χ2n) is 10.5. The number of aromatic amines is 1. The minimum absolute atomic E-state index is 0.348. The second-order valence-corrected chi connectivity index (χ2v) is 10.5. The average molecular weight is 400 g/mol. The largest absolute Gasteiger partial charge is 0.355 e. The minimum Gasteiger partial charge on any atom is -0.355 e. The lowest BCUT2D eigenvalue weighted by atomic mass is 9.69. The van der Waals surface area contributed by atoms with E-state index < -0.39 is 0 Å². The molecule has 29 heavy (non-hydrogen) atoms. The molecule has 4 rings (SSSR count). The molecule has 5 nitrogen and oxygen atoms in total. The highest BCUT2D eigenvalue weighted by atomic mass is 15.2. The summed E-state index contributed by atoms with van der Waals surface area (Å²) < 4.78 is 0. The quantitative estimate of drug-likeness (QED) is 0.712. The Kier molecular flexibility index (Phi) is 6.87. The number of anilines is 1. The van der Waals surface area contributed by atoms with Gasteiger partial charge in [0.15, 0.2) is 0 Å². The summed E-state index contributed by atoms with van der Waals surface area (Å²) in [5, 5.41) is 1.12. The molecule has 2 aliphatic rings. The SMILES string of the molecule is CC1(C)CCCCC1CN.CN(c1ncnc2[nH]ccc12)C1CCCCC1(C)C. The van der Waals surface area contributed by atoms with Crippen molar-refractivity contribution < 1.29 is 0 Å². The predicted octanol–water partition coefficient (Wildman–Crippen LogP) is 5.52. The lowest BCUT2D eigenvalue weighted by molar-refractivity contribution is 0.144. The standard InChI is InChI=1S/C15H22N4.C9H19N/c1-15(2)8-5-4-6-12(15)19(3)14-11-7-9-16-13(11)17-10-18-14;1-9(2)6-4-3-5-8(9)7-10/h7,9-10,12H,4-6,8H2,1-3H3,(H,16,17,18);8H,3-7,10H2,1-2H3. The van der Waals surface area contributed by atoms with Crippen LogP contribution in [0.5, 0.6) is 0 Å². The molecule has 2 atom stereocenters. The average Bonchev–Trinajstić information content (AvgIpc) is 3.16. The van der Waals surface area contributed by atoms with Crippen LogP contribution in [0, 0.1) is 16.7 Å². The number of nitrogens with zero attached hydrogens (tertiary/aromatic N) is 3. The van der Waals surface area contributed by atoms with Gasteiger partial charge in [0, 0.05) is 19.3 Å². The van der Waals surface area contributed by atoms with Gasteiger partial charge in [-0.1, -0.05) is 53.4 Å². The molecule has 0 saturated heterocycles. The van der Waals surface area contributed by atoms with Crippen LogP contribution in [0.3, 0.4) is 0 Å². The van der Waals surface area contributed by atoms with Crippen molar-refractivity contribution in [2.24, 2.45) is 22.5 Å². The minimum atomic E-state index is 0.348. The summed E-state index contributed by atoms with van der Waals surface area (Å²) in [5.74, 6) is 1.83. The molecule has 0 aliphatic heterocycles. The van der Waals surface area contributed by atoms with Gasteiger partial charge < -0.3 is 15.6 Å². The van der Waals surface area contributed by atoms with Crippen molar-refractivity contribution in [1.29, 1.82) is 0 Å². The molecule has 162 valence electrons. The van der Waals surface area contributed by atoms with E-state index in [0.29, 0.717) is 16.9 Å². The maximum Gasteiger partial charge on any atom is 0.142 e. The summed E-state index contributed by atoms with van der Waals surface area (Å²) >= 11 is 0. The Labute approximate surface area is 176 Å². The predicted molar refractivity (Wildman–Crippen MR) is 123 cm³/mol. The number of fused-ring (bicyclic) bond motifs is 1. The van der Waals surface area contributed by atoms with Crippen LogP contribution >= 0.6 is 0 Å². The number of H-pyrrole nitrogens is 1. The van der Waals surface area contributed by atoms with Crippen molar-refractivity contribution in [2.45, 2.75) is 85.1 Å². The first kappa shape index (κ1) is 22.1. The van der Waals surface area contributed by atoms with Crippen LogP contribution < -0.4 is 10.6 Å². The first-order valence-corrected chi connectivity index (χ1v) is 11.5. The molecule has 0 radical (unpaired) electrons. The number of nitrogens with two attached hydrogens (primary N) is 1. The van der Waals surface area contributed by atoms with Crippen molar-refractivity contribution in [3.05, 3.63) is 18.6 Å². The van der Waals surface area contributed by atoms with Crippen molar-refractivity contribution in [3.8, 4) is 0 Å². The number of hydrogen-bond acceptors (Lipinski definition) is 4. The van der Waals surface area contributed by atoms with E-state index in [1.54, 1.807) is 6.33 Å². The van der Waals surface area contributed by atoms with Gasteiger partial charge in [0.1, 0.15) is 17.8 Å². The van der Waals surface area contributed by atoms with E-state index in [0.717, 1.165) is 29.3 Å². The van der Waals surface area contributed by atoms with Crippen molar-refractivity contribution in [1.82, 2.24) is 15.0 Å². The molecular formula is C24H41N5. The molecule has 5 heteroatoms. The van der Waals surface area contributed by atoms with Crippen LogP contribution in [-0.2, 0) is 0 Å². The number of nitrogens with one attached hydrogen (secondary N) is 1. The number of aromatic nitrogens is 3. The van der Waals surface area contributed by atoms with E-state index in [-0.39, 0.29) is 0 Å². The van der Waals surface area contributed by atoms with Crippen LogP contribution in [0.2, 0.25) is 0 Å². The Balaban J connectivity index is 0.000000204. The summed E-state index contributed by atoms with van der Waals surface area (Å²) in [5.41, 5.74) is 7.47. The zero-order chi connectivity index (χ0) is 21.1. The highest BCUT2D eigenvalue weighted by Crippen LogP contribution is 2.41. The molecule has 0 amide bonds. The van der Waals surface area contributed by atoms with E-state index in [1.165, 1.54) is 51.4 Å². The zero-order valence-electron chi connectivity index (χ0n) is 19.2. The summed E-state index contributed by atoms with van der Waals surface area (Å²) in [7, 11) is 2.17. The highest BCUT2D eigenvalue weighted by Gasteiger charge is 2.36. The van der Waals surface area contributed by atoms with E-state index in [9.17, 15) is 0 Å². The van der Waals surface area contributed by atoms with E-state index in [4.69, 9.17) is 5.73 Å². The van der Waals surface area contributed by atoms with Gasteiger partial charge in [-0.25, -0.2) is 9.97 Å². The molecule has 2 aromatic heterocycles. The van der Waals surface area contributed by atoms with Crippen LogP contribution in [0.4, 0.5) is 5.82 Å². The van der Waals surface area contributed by atoms with Gasteiger partial charge >= 0.3 is 0 Å². The number of hydrogen-bond donors (Lipinski definition) is 2. The van der Waals surface area contributed by atoms with Gasteiger partial charge in [-0.05, 0) is 55.0 Å². The third-order valence-corrected chi connectivity index (χ3v) is 7.60. The number of rotatable bonds is 3. The Morgan fingerprint density at radius 1 is 1.03 bits per heavy atom. The third kappa shape index (κ3) is 4.93. The van der Waals surface area contributed by atoms with Gasteiger partial charge in [-0.15, -0.1) is 0 Å². The molecule has 2 heterocycles. The maximum atomic E-state index is 5.68. The second kappa shape index (κ2) is 9.03. The fourth-order valence-electron chi connectivity index (χ4n) is 5.48. The van der Waals surface area contributed by atoms with Gasteiger partial charge in [0.05, 0.1) is 5.39 Å². The zero-order valence-corrected chi connectivity index (χ0v) is 19.2. The molecule has 0 spiro atoms. The fourth-order valence-corrected chi connectivity index (χ4v) is 5.48. The molecule has 2 fully saturated rings. The van der Waals surface area contributed by atoms with Crippen LogP contribution in [-0.4, -0.2) is 34.6 Å². The van der Waals surface area contributed by atoms with Crippen LogP contribution in [0.15, 0.2) is 18.6 Å². The van der Waals surface area contributed by atoms with Gasteiger partial charge in [0.2, 0.25) is 0 Å². The summed E-state index contributed by atoms with van der Waals surface area (Å²) in [4.78, 5) is 14.3. The maximum absolute atomic E-state index is 5.68. The lowest BCUT2D eigenvalue weighted by Crippen LogP contribution is -2.45. The van der Waals surface area contributed by atoms with Gasteiger partial charge in [0.25, 0.3) is 0 Å². The summed E-state index contributed by atoms with van der Waals surface area (Å²) in [6, 6.07) is 2.62. The van der Waals surface area contributed by atoms with Gasteiger partial charge in [-0.2, -0.15) is 0 Å². The van der Waals surface area contributed by atoms with Crippen molar-refractivity contribution in [2.75, 3.05) is 18.5 Å². The van der Waals surface area contributed by atoms with E-state index in [1.807, 2.05) is 6.20 Å². The molecule has 0 bridgehead atoms. The molecule has 2 aliphatic carbocycles. The summed E-state index contributed by atoms with van der Waals surface area (Å²) in [6.45, 7) is 10.3. The topological polar surface area (TPSA) is 70.8 Å². The smallest absolute Gasteiger partial charge is 0.142 e. The first-order chi connectivity index (χ1) is 13.8. The van der Waals surface area contributed by atoms with Crippen LogP contribution in [0.1, 0.15) is 79.1 Å². The third-order valence-electron chi connectivity index (χ3n) is 7.60. The molecule has 3 N–H and O–H groups in total. The summed E-state index contributed by atoms with van der Waals surface area (Å²) in [6.07, 6.45) is 14.3. The Bertz CT molecular complexity index is 778. The molecule has 2 unspecified atom stereocenters. The normalized spacial score (nSPS) is 25.9. The highest BCUT2D eigenvalue weighted by molar-refractivity contribution is 5.87. The van der Waals surface area contributed by atoms with Crippen molar-refractivity contribution in [3.63, 3.8) is 0 Å². The molecule has 2 aromatic rings. The van der Waals surface area contributed by atoms with Crippen molar-refractivity contribution >= 4 is 16.9 Å². The van der Waals surface area contributed by atoms with E-state index in [2.05, 4.69) is 60.7 Å². The first-order valence-electron chi connectivity index (χ1n) is 11.5. The Hall–Kier alpha value is -1.62. The Morgan fingerprint density at radius 3 is 2.34 bits per heavy atom.